The molecule has 0 atom stereocenters. The second kappa shape index (κ2) is 10.7. The van der Waals surface area contributed by atoms with Crippen LogP contribution in [-0.4, -0.2) is 61.8 Å². The van der Waals surface area contributed by atoms with Crippen LogP contribution in [0.4, 0.5) is 0 Å². The fourth-order valence-electron chi connectivity index (χ4n) is 0.714. The van der Waals surface area contributed by atoms with Crippen LogP contribution < -0.4 is 0 Å². The highest BCUT2D eigenvalue weighted by Crippen LogP contribution is 2.15. The smallest absolute Gasteiger partial charge is 0.336 e. The number of carboxylic acids is 4. The molecule has 0 aliphatic rings. The maximum atomic E-state index is 10.3. The van der Waals surface area contributed by atoms with E-state index in [0.717, 1.165) is 6.92 Å². The molecule has 0 bridgehead atoms. The van der Waals surface area contributed by atoms with Gasteiger partial charge in [0.25, 0.3) is 5.97 Å². The lowest BCUT2D eigenvalue weighted by Gasteiger charge is -2.18. The minimum absolute atomic E-state index is 0.833. The molecular weight excluding hydrogens is 268 g/mol. The van der Waals surface area contributed by atoms with Gasteiger partial charge in [0.05, 0.1) is 12.8 Å². The van der Waals surface area contributed by atoms with E-state index in [0.29, 0.717) is 0 Å². The quantitative estimate of drug-likeness (QED) is 0.403. The summed E-state index contributed by atoms with van der Waals surface area (Å²) in [6.07, 6.45) is -2.29. The first kappa shape index (κ1) is 21.8. The number of carbonyl (C=O) groups excluding carboxylic acids is 1. The van der Waals surface area contributed by atoms with E-state index in [2.05, 4.69) is 0 Å². The number of hydrogen-bond acceptors (Lipinski definition) is 6. The molecule has 0 aliphatic carbocycles. The average molecular weight is 282 g/mol. The normalized spacial score (nSPS) is 8.95. The van der Waals surface area contributed by atoms with E-state index < -0.39 is 42.3 Å². The van der Waals surface area contributed by atoms with Crippen LogP contribution in [-0.2, 0) is 24.0 Å². The Morgan fingerprint density at radius 3 is 1.21 bits per heavy atom. The Morgan fingerprint density at radius 2 is 1.11 bits per heavy atom. The van der Waals surface area contributed by atoms with Gasteiger partial charge in [0, 0.05) is 6.92 Å². The van der Waals surface area contributed by atoms with Crippen LogP contribution in [0.1, 0.15) is 19.8 Å². The Morgan fingerprint density at radius 1 is 0.895 bits per heavy atom. The van der Waals surface area contributed by atoms with Gasteiger partial charge in [0.1, 0.15) is 6.79 Å². The van der Waals surface area contributed by atoms with E-state index >= 15 is 0 Å². The third-order valence-corrected chi connectivity index (χ3v) is 1.29. The lowest BCUT2D eigenvalue weighted by Crippen LogP contribution is -2.42. The molecule has 0 radical (unpaired) electrons. The van der Waals surface area contributed by atoms with E-state index in [1.54, 1.807) is 0 Å². The monoisotopic (exact) mass is 282 g/mol. The molecule has 0 aromatic heterocycles. The van der Waals surface area contributed by atoms with Gasteiger partial charge in [0.2, 0.25) is 0 Å². The van der Waals surface area contributed by atoms with Gasteiger partial charge in [0.15, 0.2) is 5.60 Å². The van der Waals surface area contributed by atoms with Crippen LogP contribution in [0.3, 0.4) is 0 Å². The molecule has 110 valence electrons. The number of aliphatic hydroxyl groups is 1. The van der Waals surface area contributed by atoms with Crippen LogP contribution in [0.2, 0.25) is 0 Å². The third kappa shape index (κ3) is 15.5. The molecule has 0 amide bonds. The Hall–Kier alpha value is -2.49. The van der Waals surface area contributed by atoms with Gasteiger partial charge in [-0.25, -0.2) is 4.79 Å². The first-order valence-electron chi connectivity index (χ1n) is 4.39. The predicted octanol–water partition coefficient (Wildman–Crippen LogP) is -1.34. The van der Waals surface area contributed by atoms with Crippen LogP contribution in [0, 0.1) is 0 Å². The van der Waals surface area contributed by atoms with Gasteiger partial charge in [-0.1, -0.05) is 0 Å². The van der Waals surface area contributed by atoms with Crippen LogP contribution in [0.25, 0.3) is 0 Å². The second-order valence-electron chi connectivity index (χ2n) is 3.00. The maximum absolute atomic E-state index is 10.3. The molecule has 10 heteroatoms. The zero-order valence-corrected chi connectivity index (χ0v) is 9.90. The van der Waals surface area contributed by atoms with E-state index in [1.165, 1.54) is 0 Å². The van der Waals surface area contributed by atoms with Gasteiger partial charge in [-0.3, -0.25) is 14.4 Å². The molecule has 0 fully saturated rings. The first-order valence-corrected chi connectivity index (χ1v) is 4.39. The molecule has 5 N–H and O–H groups in total. The highest BCUT2D eigenvalue weighted by Gasteiger charge is 2.40. The minimum Gasteiger partial charge on any atom is -0.481 e. The highest BCUT2D eigenvalue weighted by atomic mass is 16.4. The number of aliphatic carboxylic acids is 4. The Bertz CT molecular complexity index is 314. The van der Waals surface area contributed by atoms with Crippen LogP contribution in [0.5, 0.6) is 0 Å². The van der Waals surface area contributed by atoms with E-state index in [9.17, 15) is 14.4 Å². The summed E-state index contributed by atoms with van der Waals surface area (Å²) in [6.45, 7) is 3.08. The van der Waals surface area contributed by atoms with Gasteiger partial charge in [-0.2, -0.15) is 0 Å². The number of carboxylic acid groups (broad SMARTS) is 4. The number of carbonyl (C=O) groups is 5. The molecule has 0 aromatic rings. The van der Waals surface area contributed by atoms with Crippen LogP contribution >= 0.6 is 0 Å². The van der Waals surface area contributed by atoms with Gasteiger partial charge >= 0.3 is 17.9 Å². The fourth-order valence-corrected chi connectivity index (χ4v) is 0.714. The topological polar surface area (TPSA) is 186 Å². The first-order chi connectivity index (χ1) is 8.51. The molecule has 0 aliphatic heterocycles. The van der Waals surface area contributed by atoms with Crippen molar-refractivity contribution in [1.29, 1.82) is 0 Å². The molecule has 0 saturated carbocycles. The molecule has 0 unspecified atom stereocenters. The molecule has 10 nitrogen and oxygen atoms in total. The summed E-state index contributed by atoms with van der Waals surface area (Å²) in [4.78, 5) is 47.5. The number of hydrogen-bond donors (Lipinski definition) is 5. The zero-order valence-electron chi connectivity index (χ0n) is 9.90. The zero-order chi connectivity index (χ0) is 16.2. The summed E-state index contributed by atoms with van der Waals surface area (Å²) < 4.78 is 0. The number of rotatable bonds is 5. The van der Waals surface area contributed by atoms with Crippen LogP contribution in [0.15, 0.2) is 0 Å². The van der Waals surface area contributed by atoms with E-state index in [-0.39, 0.29) is 0 Å². The molecule has 0 rings (SSSR count). The highest BCUT2D eigenvalue weighted by molar-refractivity contribution is 5.88. The largest absolute Gasteiger partial charge is 0.481 e. The van der Waals surface area contributed by atoms with E-state index in [1.807, 2.05) is 6.79 Å². The Labute approximate surface area is 106 Å². The maximum Gasteiger partial charge on any atom is 0.336 e. The predicted molar refractivity (Wildman–Crippen MR) is 57.5 cm³/mol. The Kier molecular flexibility index (Phi) is 12.2. The summed E-state index contributed by atoms with van der Waals surface area (Å²) in [7, 11) is 0. The minimum atomic E-state index is -2.74. The van der Waals surface area contributed by atoms with Crippen molar-refractivity contribution in [3.05, 3.63) is 0 Å². The summed E-state index contributed by atoms with van der Waals surface area (Å²) in [5.41, 5.74) is -2.74. The van der Waals surface area contributed by atoms with Crippen molar-refractivity contribution in [3.8, 4) is 0 Å². The van der Waals surface area contributed by atoms with Crippen molar-refractivity contribution < 1.29 is 49.5 Å². The van der Waals surface area contributed by atoms with Crippen molar-refractivity contribution >= 4 is 30.7 Å². The molecule has 0 aromatic carbocycles. The second-order valence-corrected chi connectivity index (χ2v) is 3.00. The summed E-state index contributed by atoms with van der Waals surface area (Å²) in [5, 5.41) is 41.2. The van der Waals surface area contributed by atoms with Gasteiger partial charge < -0.3 is 30.3 Å². The van der Waals surface area contributed by atoms with Crippen molar-refractivity contribution in [2.45, 2.75) is 25.4 Å². The lowest BCUT2D eigenvalue weighted by atomic mass is 9.96. The SMILES string of the molecule is C=O.CC(=O)O.O=C(O)CC(O)(CC(=O)O)C(=O)O. The lowest BCUT2D eigenvalue weighted by molar-refractivity contribution is -0.170. The molecule has 19 heavy (non-hydrogen) atoms. The molecule has 0 saturated heterocycles. The van der Waals surface area contributed by atoms with Gasteiger partial charge in [-0.05, 0) is 0 Å². The third-order valence-electron chi connectivity index (χ3n) is 1.29. The van der Waals surface area contributed by atoms with Gasteiger partial charge in [-0.15, -0.1) is 0 Å². The molecule has 0 heterocycles. The van der Waals surface area contributed by atoms with E-state index in [4.69, 9.17) is 35.1 Å². The summed E-state index contributed by atoms with van der Waals surface area (Å²) in [6, 6.07) is 0. The summed E-state index contributed by atoms with van der Waals surface area (Å²) in [5.74, 6) is -5.85. The fraction of sp³-hybridized carbons (Fsp3) is 0.444. The standard InChI is InChI=1S/C6H8O7.C2H4O2.CH2O/c7-3(8)1-6(13,5(11)12)2-4(9)10;1-2(3)4;1-2/h13H,1-2H2,(H,7,8)(H,9,10)(H,11,12);1H3,(H,3,4);1H2. The Balaban J connectivity index is -0.000000361. The average Bonchev–Trinajstić information content (AvgIpc) is 2.16. The van der Waals surface area contributed by atoms with Crippen molar-refractivity contribution in [2.75, 3.05) is 0 Å². The van der Waals surface area contributed by atoms with Crippen molar-refractivity contribution in [1.82, 2.24) is 0 Å². The summed E-state index contributed by atoms with van der Waals surface area (Å²) >= 11 is 0. The van der Waals surface area contributed by atoms with Crippen molar-refractivity contribution in [3.63, 3.8) is 0 Å². The van der Waals surface area contributed by atoms with Crippen molar-refractivity contribution in [2.24, 2.45) is 0 Å². The molecule has 0 spiro atoms. The molecular formula is C9H14O10.